The number of para-hydroxylation sites is 4. The molecule has 292 valence electrons. The zero-order chi connectivity index (χ0) is 41.3. The summed E-state index contributed by atoms with van der Waals surface area (Å²) in [4.78, 5) is 11.0. The Hall–Kier alpha value is -8.08. The van der Waals surface area contributed by atoms with Gasteiger partial charge in [0.25, 0.3) is 0 Å². The lowest BCUT2D eigenvalue weighted by molar-refractivity contribution is 0.979. The summed E-state index contributed by atoms with van der Waals surface area (Å²) in [6.45, 7) is 8.15. The van der Waals surface area contributed by atoms with Gasteiger partial charge in [-0.2, -0.15) is 0 Å². The lowest BCUT2D eigenvalue weighted by Gasteiger charge is -2.20. The molecule has 8 aromatic carbocycles. The van der Waals surface area contributed by atoms with Gasteiger partial charge in [0.1, 0.15) is 0 Å². The van der Waals surface area contributed by atoms with Crippen LogP contribution in [0.3, 0.4) is 0 Å². The first-order chi connectivity index (χ1) is 30.7. The molecule has 12 rings (SSSR count). The molecule has 11 aromatic rings. The molecule has 0 N–H and O–H groups in total. The lowest BCUT2D eigenvalue weighted by atomic mass is 9.86. The molecule has 3 aromatic heterocycles. The van der Waals surface area contributed by atoms with Crippen molar-refractivity contribution in [2.75, 3.05) is 0 Å². The fraction of sp³-hybridized carbons (Fsp3) is 0.0345. The third-order valence-electron chi connectivity index (χ3n) is 12.7. The van der Waals surface area contributed by atoms with Gasteiger partial charge in [0.2, 0.25) is 5.95 Å². The van der Waals surface area contributed by atoms with E-state index in [1.54, 1.807) is 0 Å². The Morgan fingerprint density at radius 2 is 1.24 bits per heavy atom. The summed E-state index contributed by atoms with van der Waals surface area (Å²) in [5.74, 6) is 0.642. The van der Waals surface area contributed by atoms with Gasteiger partial charge >= 0.3 is 0 Å². The fourth-order valence-electron chi connectivity index (χ4n) is 10.00. The van der Waals surface area contributed by atoms with Gasteiger partial charge in [0.05, 0.1) is 33.3 Å². The number of aromatic nitrogens is 4. The van der Waals surface area contributed by atoms with E-state index in [-0.39, 0.29) is 0 Å². The number of fused-ring (bicyclic) bond motifs is 10. The van der Waals surface area contributed by atoms with Crippen LogP contribution in [0.1, 0.15) is 23.1 Å². The number of benzene rings is 8. The van der Waals surface area contributed by atoms with Crippen molar-refractivity contribution in [3.8, 4) is 34.0 Å². The summed E-state index contributed by atoms with van der Waals surface area (Å²) in [6.07, 6.45) is 12.2. The Balaban J connectivity index is 1.15. The van der Waals surface area contributed by atoms with Crippen LogP contribution in [-0.2, 0) is 6.42 Å². The van der Waals surface area contributed by atoms with Crippen LogP contribution in [-0.4, -0.2) is 19.1 Å². The minimum absolute atomic E-state index is 0.642. The average molecular weight is 793 g/mol. The third kappa shape index (κ3) is 5.47. The van der Waals surface area contributed by atoms with Gasteiger partial charge in [0.15, 0.2) is 0 Å². The first-order valence-corrected chi connectivity index (χ1v) is 21.3. The molecule has 0 spiro atoms. The van der Waals surface area contributed by atoms with Gasteiger partial charge < -0.3 is 4.57 Å². The summed E-state index contributed by atoms with van der Waals surface area (Å²) in [6, 6.07) is 59.2. The van der Waals surface area contributed by atoms with E-state index in [0.717, 1.165) is 74.0 Å². The highest BCUT2D eigenvalue weighted by Gasteiger charge is 2.23. The van der Waals surface area contributed by atoms with E-state index in [4.69, 9.17) is 9.97 Å². The predicted octanol–water partition coefficient (Wildman–Crippen LogP) is 15.0. The SMILES string of the molecule is C=C/C=C(\C=C)c1cc2c(c(-c3nc(-n4c5ccccc5c5c6ccccc6c(-c6ccc7c(c6)c6ccccc6n7-c6ccccc6)cc54)nc4ccccc34)c1)CCC=C2. The molecule has 0 fully saturated rings. The molecule has 0 unspecified atom stereocenters. The summed E-state index contributed by atoms with van der Waals surface area (Å²) in [7, 11) is 0. The van der Waals surface area contributed by atoms with Crippen molar-refractivity contribution < 1.29 is 0 Å². The fourth-order valence-corrected chi connectivity index (χ4v) is 10.00. The second kappa shape index (κ2) is 14.3. The summed E-state index contributed by atoms with van der Waals surface area (Å²) in [5, 5.41) is 8.23. The molecule has 0 bridgehead atoms. The Morgan fingerprint density at radius 3 is 2.05 bits per heavy atom. The zero-order valence-electron chi connectivity index (χ0n) is 34.1. The van der Waals surface area contributed by atoms with Crippen molar-refractivity contribution in [3.05, 3.63) is 218 Å². The minimum Gasteiger partial charge on any atom is -0.309 e. The number of nitrogens with zero attached hydrogens (tertiary/aromatic N) is 4. The molecule has 0 amide bonds. The molecule has 4 heteroatoms. The molecule has 0 radical (unpaired) electrons. The average Bonchev–Trinajstić information content (AvgIpc) is 3.85. The molecule has 3 heterocycles. The highest BCUT2D eigenvalue weighted by atomic mass is 15.2. The highest BCUT2D eigenvalue weighted by molar-refractivity contribution is 6.24. The molecule has 1 aliphatic rings. The van der Waals surface area contributed by atoms with E-state index < -0.39 is 0 Å². The van der Waals surface area contributed by atoms with Crippen LogP contribution in [0, 0.1) is 0 Å². The van der Waals surface area contributed by atoms with E-state index >= 15 is 0 Å². The Morgan fingerprint density at radius 1 is 0.548 bits per heavy atom. The molecule has 0 saturated carbocycles. The van der Waals surface area contributed by atoms with Crippen LogP contribution in [0.25, 0.3) is 111 Å². The van der Waals surface area contributed by atoms with Crippen LogP contribution in [0.4, 0.5) is 0 Å². The second-order valence-electron chi connectivity index (χ2n) is 16.1. The summed E-state index contributed by atoms with van der Waals surface area (Å²) >= 11 is 0. The highest BCUT2D eigenvalue weighted by Crippen LogP contribution is 2.44. The monoisotopic (exact) mass is 792 g/mol. The first-order valence-electron chi connectivity index (χ1n) is 21.3. The van der Waals surface area contributed by atoms with Crippen molar-refractivity contribution in [1.82, 2.24) is 19.1 Å². The van der Waals surface area contributed by atoms with Crippen molar-refractivity contribution in [2.45, 2.75) is 12.8 Å². The van der Waals surface area contributed by atoms with E-state index in [0.29, 0.717) is 5.95 Å². The second-order valence-corrected chi connectivity index (χ2v) is 16.1. The van der Waals surface area contributed by atoms with Crippen molar-refractivity contribution in [1.29, 1.82) is 0 Å². The standard InChI is InChI=1S/C58H40N4/c1-3-18-37(4-2)40-33-38-19-8-9-22-42(38)50(35-40)57-46-26-12-15-28-51(46)59-58(60-57)62-53-30-17-14-27-47(53)56-45-25-11-10-23-43(45)48(36-55(56)62)39-31-32-54-49(34-39)44-24-13-16-29-52(44)61(54)41-20-6-5-7-21-41/h3-8,10-21,23-36H,1-2,9,22H2/b37-18+. The normalized spacial score (nSPS) is 12.9. The summed E-state index contributed by atoms with van der Waals surface area (Å²) < 4.78 is 4.67. The zero-order valence-corrected chi connectivity index (χ0v) is 34.1. The van der Waals surface area contributed by atoms with Crippen LogP contribution in [0.15, 0.2) is 201 Å². The van der Waals surface area contributed by atoms with Gasteiger partial charge in [-0.15, -0.1) is 0 Å². The van der Waals surface area contributed by atoms with E-state index in [2.05, 4.69) is 198 Å². The van der Waals surface area contributed by atoms with Crippen LogP contribution in [0.5, 0.6) is 0 Å². The van der Waals surface area contributed by atoms with Crippen LogP contribution in [0.2, 0.25) is 0 Å². The van der Waals surface area contributed by atoms with Crippen molar-refractivity contribution in [3.63, 3.8) is 0 Å². The Labute approximate surface area is 359 Å². The number of hydrogen-bond donors (Lipinski definition) is 0. The molecule has 0 atom stereocenters. The molecule has 0 saturated heterocycles. The maximum atomic E-state index is 5.64. The number of allylic oxidation sites excluding steroid dienone is 5. The first kappa shape index (κ1) is 35.8. The largest absolute Gasteiger partial charge is 0.309 e. The smallest absolute Gasteiger partial charge is 0.235 e. The van der Waals surface area contributed by atoms with E-state index in [9.17, 15) is 0 Å². The Bertz CT molecular complexity index is 3730. The van der Waals surface area contributed by atoms with Gasteiger partial charge in [-0.1, -0.05) is 147 Å². The quantitative estimate of drug-likeness (QED) is 0.151. The molecule has 1 aliphatic carbocycles. The van der Waals surface area contributed by atoms with Crippen LogP contribution < -0.4 is 0 Å². The van der Waals surface area contributed by atoms with E-state index in [1.165, 1.54) is 54.5 Å². The summed E-state index contributed by atoms with van der Waals surface area (Å²) in [5.41, 5.74) is 15.5. The molecular weight excluding hydrogens is 753 g/mol. The number of rotatable bonds is 7. The van der Waals surface area contributed by atoms with Gasteiger partial charge in [-0.25, -0.2) is 9.97 Å². The minimum atomic E-state index is 0.642. The molecule has 62 heavy (non-hydrogen) atoms. The molecular formula is C58H40N4. The van der Waals surface area contributed by atoms with Crippen molar-refractivity contribution in [2.24, 2.45) is 0 Å². The topological polar surface area (TPSA) is 35.6 Å². The van der Waals surface area contributed by atoms with E-state index in [1.807, 2.05) is 18.2 Å². The van der Waals surface area contributed by atoms with Gasteiger partial charge in [0, 0.05) is 38.2 Å². The Kier molecular flexibility index (Phi) is 8.26. The lowest BCUT2D eigenvalue weighted by Crippen LogP contribution is -2.06. The third-order valence-corrected chi connectivity index (χ3v) is 12.7. The maximum Gasteiger partial charge on any atom is 0.235 e. The van der Waals surface area contributed by atoms with Crippen LogP contribution >= 0.6 is 0 Å². The molecule has 0 aliphatic heterocycles. The van der Waals surface area contributed by atoms with Gasteiger partial charge in [-0.3, -0.25) is 4.57 Å². The predicted molar refractivity (Wildman–Crippen MR) is 262 cm³/mol. The molecule has 4 nitrogen and oxygen atoms in total. The van der Waals surface area contributed by atoms with Gasteiger partial charge in [-0.05, 0) is 118 Å². The number of hydrogen-bond acceptors (Lipinski definition) is 2. The van der Waals surface area contributed by atoms with Crippen molar-refractivity contribution >= 4 is 76.9 Å². The maximum absolute atomic E-state index is 5.64.